The molecule has 1 rings (SSSR count). The van der Waals surface area contributed by atoms with E-state index < -0.39 is 10.0 Å². The largest absolute Gasteiger partial charge is 0.341 e. The van der Waals surface area contributed by atoms with Crippen LogP contribution >= 0.6 is 0 Å². The molecule has 1 amide bonds. The highest BCUT2D eigenvalue weighted by molar-refractivity contribution is 7.89. The van der Waals surface area contributed by atoms with E-state index in [2.05, 4.69) is 10.6 Å². The van der Waals surface area contributed by atoms with Crippen molar-refractivity contribution in [2.75, 3.05) is 51.6 Å². The maximum absolute atomic E-state index is 11.7. The second kappa shape index (κ2) is 8.53. The van der Waals surface area contributed by atoms with E-state index >= 15 is 0 Å². The molecule has 0 spiro atoms. The monoisotopic (exact) mass is 307 g/mol. The van der Waals surface area contributed by atoms with Crippen molar-refractivity contribution in [2.24, 2.45) is 16.8 Å². The first-order chi connectivity index (χ1) is 9.42. The highest BCUT2D eigenvalue weighted by Gasteiger charge is 2.31. The molecule has 0 aliphatic carbocycles. The van der Waals surface area contributed by atoms with Crippen LogP contribution in [-0.4, -0.2) is 70.8 Å². The van der Waals surface area contributed by atoms with E-state index in [1.165, 1.54) is 0 Å². The van der Waals surface area contributed by atoms with Crippen molar-refractivity contribution in [3.05, 3.63) is 0 Å². The summed E-state index contributed by atoms with van der Waals surface area (Å²) in [6.07, 6.45) is 0.272. The van der Waals surface area contributed by atoms with Gasteiger partial charge in [-0.3, -0.25) is 4.79 Å². The number of amides is 1. The first-order valence-electron chi connectivity index (χ1n) is 6.82. The fourth-order valence-corrected chi connectivity index (χ4v) is 3.13. The van der Waals surface area contributed by atoms with Gasteiger partial charge in [0.05, 0.1) is 5.75 Å². The molecule has 6 N–H and O–H groups in total. The minimum Gasteiger partial charge on any atom is -0.341 e. The summed E-state index contributed by atoms with van der Waals surface area (Å²) in [4.78, 5) is 13.4. The summed E-state index contributed by atoms with van der Waals surface area (Å²) in [6.45, 7) is 4.81. The molecule has 8 nitrogen and oxygen atoms in total. The van der Waals surface area contributed by atoms with Gasteiger partial charge in [0.1, 0.15) is 0 Å². The predicted octanol–water partition coefficient (Wildman–Crippen LogP) is -2.74. The third kappa shape index (κ3) is 7.15. The van der Waals surface area contributed by atoms with Gasteiger partial charge >= 0.3 is 0 Å². The van der Waals surface area contributed by atoms with Crippen LogP contribution in [0.4, 0.5) is 0 Å². The second-order valence-electron chi connectivity index (χ2n) is 5.03. The lowest BCUT2D eigenvalue weighted by atomic mass is 10.1. The lowest BCUT2D eigenvalue weighted by Crippen LogP contribution is -2.37. The molecular formula is C11H25N5O3S. The number of nitrogens with zero attached hydrogens (tertiary/aromatic N) is 1. The van der Waals surface area contributed by atoms with Gasteiger partial charge in [-0.15, -0.1) is 0 Å². The van der Waals surface area contributed by atoms with Crippen LogP contribution in [0, 0.1) is 5.92 Å². The SMILES string of the molecule is NCCNCCNCCN1CC(CS(N)(=O)=O)CC1=O. The molecule has 0 aromatic heterocycles. The Morgan fingerprint density at radius 3 is 2.45 bits per heavy atom. The molecule has 0 radical (unpaired) electrons. The first-order valence-corrected chi connectivity index (χ1v) is 8.53. The highest BCUT2D eigenvalue weighted by atomic mass is 32.2. The number of nitrogens with one attached hydrogen (secondary N) is 2. The fourth-order valence-electron chi connectivity index (χ4n) is 2.25. The average molecular weight is 307 g/mol. The molecule has 1 atom stereocenters. The van der Waals surface area contributed by atoms with Crippen LogP contribution in [0.5, 0.6) is 0 Å². The summed E-state index contributed by atoms with van der Waals surface area (Å²) in [6, 6.07) is 0. The van der Waals surface area contributed by atoms with Gasteiger partial charge in [0.15, 0.2) is 0 Å². The van der Waals surface area contributed by atoms with E-state index in [1.807, 2.05) is 0 Å². The molecule has 1 saturated heterocycles. The third-order valence-electron chi connectivity index (χ3n) is 3.12. The number of hydrogen-bond donors (Lipinski definition) is 4. The highest BCUT2D eigenvalue weighted by Crippen LogP contribution is 2.18. The molecule has 0 saturated carbocycles. The normalized spacial score (nSPS) is 19.8. The molecule has 1 unspecified atom stereocenters. The van der Waals surface area contributed by atoms with Gasteiger partial charge in [-0.2, -0.15) is 0 Å². The number of nitrogens with two attached hydrogens (primary N) is 2. The van der Waals surface area contributed by atoms with Gasteiger partial charge in [0, 0.05) is 58.2 Å². The van der Waals surface area contributed by atoms with E-state index in [0.29, 0.717) is 26.2 Å². The Labute approximate surface area is 120 Å². The topological polar surface area (TPSA) is 131 Å². The van der Waals surface area contributed by atoms with Crippen LogP contribution < -0.4 is 21.5 Å². The Balaban J connectivity index is 2.14. The van der Waals surface area contributed by atoms with Crippen LogP contribution in [0.3, 0.4) is 0 Å². The Morgan fingerprint density at radius 2 is 1.85 bits per heavy atom. The van der Waals surface area contributed by atoms with Crippen molar-refractivity contribution in [3.8, 4) is 0 Å². The van der Waals surface area contributed by atoms with Gasteiger partial charge < -0.3 is 21.3 Å². The average Bonchev–Trinajstić information content (AvgIpc) is 2.66. The minimum absolute atomic E-state index is 0.00158. The van der Waals surface area contributed by atoms with Crippen molar-refractivity contribution in [3.63, 3.8) is 0 Å². The number of sulfonamides is 1. The van der Waals surface area contributed by atoms with Crippen molar-refractivity contribution in [1.82, 2.24) is 15.5 Å². The van der Waals surface area contributed by atoms with Crippen LogP contribution in [0.15, 0.2) is 0 Å². The Morgan fingerprint density at radius 1 is 1.20 bits per heavy atom. The number of primary sulfonamides is 1. The van der Waals surface area contributed by atoms with Crippen molar-refractivity contribution in [1.29, 1.82) is 0 Å². The number of rotatable bonds is 10. The van der Waals surface area contributed by atoms with Gasteiger partial charge in [-0.05, 0) is 0 Å². The minimum atomic E-state index is -3.51. The number of hydrogen-bond acceptors (Lipinski definition) is 6. The molecule has 1 aliphatic heterocycles. The van der Waals surface area contributed by atoms with E-state index in [9.17, 15) is 13.2 Å². The predicted molar refractivity (Wildman–Crippen MR) is 77.5 cm³/mol. The molecular weight excluding hydrogens is 282 g/mol. The summed E-state index contributed by atoms with van der Waals surface area (Å²) in [5.41, 5.74) is 5.35. The number of carbonyl (C=O) groups is 1. The van der Waals surface area contributed by atoms with Gasteiger partial charge in [0.2, 0.25) is 15.9 Å². The molecule has 0 bridgehead atoms. The molecule has 1 fully saturated rings. The standard InChI is InChI=1S/C11H25N5O3S/c12-1-2-14-3-4-15-5-6-16-8-10(7-11(16)17)9-20(13,18)19/h10,14-15H,1-9,12H2,(H2,13,18,19). The summed E-state index contributed by atoms with van der Waals surface area (Å²) < 4.78 is 22.0. The molecule has 1 heterocycles. The van der Waals surface area contributed by atoms with E-state index in [-0.39, 0.29) is 24.0 Å². The maximum atomic E-state index is 11.7. The molecule has 20 heavy (non-hydrogen) atoms. The summed E-state index contributed by atoms with van der Waals surface area (Å²) in [7, 11) is -3.51. The smallest absolute Gasteiger partial charge is 0.223 e. The lowest BCUT2D eigenvalue weighted by Gasteiger charge is -2.16. The van der Waals surface area contributed by atoms with Crippen molar-refractivity contribution >= 4 is 15.9 Å². The maximum Gasteiger partial charge on any atom is 0.223 e. The molecule has 118 valence electrons. The third-order valence-corrected chi connectivity index (χ3v) is 4.06. The Bertz CT molecular complexity index is 401. The molecule has 1 aliphatic rings. The summed E-state index contributed by atoms with van der Waals surface area (Å²) in [5, 5.41) is 11.4. The van der Waals surface area contributed by atoms with Crippen LogP contribution in [0.2, 0.25) is 0 Å². The number of carbonyl (C=O) groups excluding carboxylic acids is 1. The van der Waals surface area contributed by atoms with Crippen LogP contribution in [0.1, 0.15) is 6.42 Å². The second-order valence-corrected chi connectivity index (χ2v) is 6.69. The van der Waals surface area contributed by atoms with E-state index in [4.69, 9.17) is 10.9 Å². The fraction of sp³-hybridized carbons (Fsp3) is 0.909. The van der Waals surface area contributed by atoms with Gasteiger partial charge in [-0.1, -0.05) is 0 Å². The molecule has 0 aromatic rings. The van der Waals surface area contributed by atoms with Crippen molar-refractivity contribution < 1.29 is 13.2 Å². The van der Waals surface area contributed by atoms with Gasteiger partial charge in [-0.25, -0.2) is 13.6 Å². The quantitative estimate of drug-likeness (QED) is 0.324. The van der Waals surface area contributed by atoms with Crippen molar-refractivity contribution in [2.45, 2.75) is 6.42 Å². The van der Waals surface area contributed by atoms with E-state index in [1.54, 1.807) is 4.90 Å². The lowest BCUT2D eigenvalue weighted by molar-refractivity contribution is -0.127. The Hall–Kier alpha value is -0.740. The zero-order chi connectivity index (χ0) is 15.0. The molecule has 0 aromatic carbocycles. The number of likely N-dealkylation sites (tertiary alicyclic amines) is 1. The van der Waals surface area contributed by atoms with Gasteiger partial charge in [0.25, 0.3) is 0 Å². The zero-order valence-corrected chi connectivity index (χ0v) is 12.5. The first kappa shape index (κ1) is 17.3. The summed E-state index contributed by atoms with van der Waals surface area (Å²) >= 11 is 0. The van der Waals surface area contributed by atoms with Crippen LogP contribution in [0.25, 0.3) is 0 Å². The Kier molecular flexibility index (Phi) is 7.38. The van der Waals surface area contributed by atoms with E-state index in [0.717, 1.165) is 19.6 Å². The zero-order valence-electron chi connectivity index (χ0n) is 11.7. The molecule has 9 heteroatoms. The summed E-state index contributed by atoms with van der Waals surface area (Å²) in [5.74, 6) is -0.295. The van der Waals surface area contributed by atoms with Crippen LogP contribution in [-0.2, 0) is 14.8 Å².